The first kappa shape index (κ1) is 34.8. The number of ether oxygens (including phenoxy) is 1. The van der Waals surface area contributed by atoms with Gasteiger partial charge in [-0.25, -0.2) is 0 Å². The molecule has 0 aliphatic heterocycles. The second-order valence-corrected chi connectivity index (χ2v) is 14.7. The molecule has 8 heteroatoms. The summed E-state index contributed by atoms with van der Waals surface area (Å²) in [6, 6.07) is 15.0. The fraction of sp³-hybridized carbons (Fsp3) is 0.545. The number of anilines is 1. The molecule has 41 heavy (non-hydrogen) atoms. The largest absolute Gasteiger partial charge is 0.480 e. The van der Waals surface area contributed by atoms with Crippen LogP contribution >= 0.6 is 27.5 Å². The summed E-state index contributed by atoms with van der Waals surface area (Å²) >= 11 is 9.56. The Bertz CT molecular complexity index is 1220. The normalized spacial score (nSPS) is 14.5. The van der Waals surface area contributed by atoms with Crippen LogP contribution in [0.4, 0.5) is 5.69 Å². The maximum absolute atomic E-state index is 13.4. The molecule has 226 valence electrons. The van der Waals surface area contributed by atoms with Crippen molar-refractivity contribution in [2.75, 3.05) is 11.9 Å². The SMILES string of the molecule is CCC(Oc1ccc(C(C)(C)CC)cc1C(C)(C)CC)C(=O)NCC(C)(C)C(=O)C(Cl)(Br)C(=O)Nc1ccccc1. The highest BCUT2D eigenvalue weighted by atomic mass is 79.9. The summed E-state index contributed by atoms with van der Waals surface area (Å²) in [5.74, 6) is -0.932. The van der Waals surface area contributed by atoms with Gasteiger partial charge in [-0.3, -0.25) is 14.4 Å². The Morgan fingerprint density at radius 1 is 0.902 bits per heavy atom. The van der Waals surface area contributed by atoms with Crippen molar-refractivity contribution in [2.45, 2.75) is 102 Å². The van der Waals surface area contributed by atoms with E-state index in [1.54, 1.807) is 38.1 Å². The van der Waals surface area contributed by atoms with Crippen molar-refractivity contribution in [3.05, 3.63) is 59.7 Å². The first-order valence-electron chi connectivity index (χ1n) is 14.3. The molecular formula is C33H46BrClN2O4. The molecule has 0 aromatic heterocycles. The number of Topliss-reactive ketones (excluding diaryl/α,β-unsaturated/α-hetero) is 1. The zero-order valence-electron chi connectivity index (χ0n) is 25.9. The van der Waals surface area contributed by atoms with Crippen molar-refractivity contribution in [3.8, 4) is 5.75 Å². The lowest BCUT2D eigenvalue weighted by Gasteiger charge is -2.32. The van der Waals surface area contributed by atoms with E-state index in [9.17, 15) is 14.4 Å². The van der Waals surface area contributed by atoms with Crippen LogP contribution in [0.1, 0.15) is 92.7 Å². The summed E-state index contributed by atoms with van der Waals surface area (Å²) in [6.07, 6.45) is 1.58. The quantitative estimate of drug-likeness (QED) is 0.161. The average Bonchev–Trinajstić information content (AvgIpc) is 2.94. The number of hydrogen-bond acceptors (Lipinski definition) is 4. The molecule has 2 aromatic rings. The number of halogens is 2. The lowest BCUT2D eigenvalue weighted by Crippen LogP contribution is -2.51. The van der Waals surface area contributed by atoms with Gasteiger partial charge in [-0.15, -0.1) is 0 Å². The van der Waals surface area contributed by atoms with E-state index in [-0.39, 0.29) is 23.3 Å². The maximum Gasteiger partial charge on any atom is 0.264 e. The molecule has 0 heterocycles. The summed E-state index contributed by atoms with van der Waals surface area (Å²) in [5.41, 5.74) is 1.52. The third-order valence-electron chi connectivity index (χ3n) is 8.11. The first-order chi connectivity index (χ1) is 18.9. The van der Waals surface area contributed by atoms with Crippen LogP contribution in [0.25, 0.3) is 0 Å². The number of nitrogens with one attached hydrogen (secondary N) is 2. The highest BCUT2D eigenvalue weighted by Gasteiger charge is 2.48. The molecule has 0 aliphatic carbocycles. The molecule has 0 radical (unpaired) electrons. The van der Waals surface area contributed by atoms with E-state index < -0.39 is 27.0 Å². The van der Waals surface area contributed by atoms with E-state index in [2.05, 4.69) is 80.2 Å². The number of benzene rings is 2. The van der Waals surface area contributed by atoms with Crippen molar-refractivity contribution in [3.63, 3.8) is 0 Å². The molecule has 6 nitrogen and oxygen atoms in total. The molecule has 2 rings (SSSR count). The van der Waals surface area contributed by atoms with E-state index in [1.165, 1.54) is 5.56 Å². The monoisotopic (exact) mass is 648 g/mol. The minimum atomic E-state index is -2.01. The van der Waals surface area contributed by atoms with E-state index >= 15 is 0 Å². The Labute approximate surface area is 259 Å². The molecule has 0 bridgehead atoms. The van der Waals surface area contributed by atoms with Gasteiger partial charge in [0.05, 0.1) is 0 Å². The van der Waals surface area contributed by atoms with Crippen molar-refractivity contribution in [1.82, 2.24) is 5.32 Å². The number of ketones is 1. The van der Waals surface area contributed by atoms with Gasteiger partial charge in [-0.1, -0.05) is 104 Å². The smallest absolute Gasteiger partial charge is 0.264 e. The van der Waals surface area contributed by atoms with Crippen molar-refractivity contribution < 1.29 is 19.1 Å². The number of hydrogen-bond donors (Lipinski definition) is 2. The second kappa shape index (κ2) is 13.7. The minimum Gasteiger partial charge on any atom is -0.480 e. The van der Waals surface area contributed by atoms with Gasteiger partial charge in [-0.2, -0.15) is 0 Å². The fourth-order valence-corrected chi connectivity index (χ4v) is 5.15. The van der Waals surface area contributed by atoms with Crippen LogP contribution in [0.2, 0.25) is 0 Å². The molecule has 2 aromatic carbocycles. The van der Waals surface area contributed by atoms with E-state index in [4.69, 9.17) is 16.3 Å². The summed E-state index contributed by atoms with van der Waals surface area (Å²) in [4.78, 5) is 39.5. The lowest BCUT2D eigenvalue weighted by atomic mass is 9.76. The molecule has 2 amide bonds. The highest BCUT2D eigenvalue weighted by Crippen LogP contribution is 2.39. The fourth-order valence-electron chi connectivity index (χ4n) is 4.21. The Morgan fingerprint density at radius 3 is 2.02 bits per heavy atom. The van der Waals surface area contributed by atoms with Crippen LogP contribution in [0.5, 0.6) is 5.75 Å². The molecule has 2 atom stereocenters. The minimum absolute atomic E-state index is 0.0157. The van der Waals surface area contributed by atoms with Gasteiger partial charge in [0.15, 0.2) is 11.9 Å². The third-order valence-corrected chi connectivity index (χ3v) is 9.18. The van der Waals surface area contributed by atoms with Gasteiger partial charge in [0.2, 0.25) is 3.78 Å². The molecular weight excluding hydrogens is 604 g/mol. The first-order valence-corrected chi connectivity index (χ1v) is 15.5. The Balaban J connectivity index is 2.19. The van der Waals surface area contributed by atoms with Crippen LogP contribution in [0.15, 0.2) is 48.5 Å². The van der Waals surface area contributed by atoms with Crippen LogP contribution in [0, 0.1) is 5.41 Å². The van der Waals surface area contributed by atoms with E-state index in [0.29, 0.717) is 17.9 Å². The van der Waals surface area contributed by atoms with E-state index in [0.717, 1.165) is 18.4 Å². The summed E-state index contributed by atoms with van der Waals surface area (Å²) < 4.78 is 4.34. The molecule has 0 saturated heterocycles. The topological polar surface area (TPSA) is 84.5 Å². The number of alkyl halides is 2. The number of amides is 2. The predicted octanol–water partition coefficient (Wildman–Crippen LogP) is 7.90. The molecule has 0 spiro atoms. The Morgan fingerprint density at radius 2 is 1.49 bits per heavy atom. The lowest BCUT2D eigenvalue weighted by molar-refractivity contribution is -0.132. The van der Waals surface area contributed by atoms with Gasteiger partial charge in [0, 0.05) is 23.2 Å². The predicted molar refractivity (Wildman–Crippen MR) is 172 cm³/mol. The molecule has 0 aliphatic rings. The zero-order valence-corrected chi connectivity index (χ0v) is 28.3. The summed E-state index contributed by atoms with van der Waals surface area (Å²) in [6.45, 7) is 18.3. The summed E-state index contributed by atoms with van der Waals surface area (Å²) in [5, 5.41) is 5.50. The number of carbonyl (C=O) groups excluding carboxylic acids is 3. The van der Waals surface area contributed by atoms with Gasteiger partial charge in [-0.05, 0) is 69.8 Å². The third kappa shape index (κ3) is 8.57. The highest BCUT2D eigenvalue weighted by molar-refractivity contribution is 9.11. The van der Waals surface area contributed by atoms with Gasteiger partial charge >= 0.3 is 0 Å². The van der Waals surface area contributed by atoms with Crippen LogP contribution in [0.3, 0.4) is 0 Å². The number of carbonyl (C=O) groups is 3. The van der Waals surface area contributed by atoms with Crippen LogP contribution in [-0.2, 0) is 25.2 Å². The molecule has 0 saturated carbocycles. The van der Waals surface area contributed by atoms with Crippen molar-refractivity contribution in [1.29, 1.82) is 0 Å². The van der Waals surface area contributed by atoms with Crippen molar-refractivity contribution in [2.24, 2.45) is 5.41 Å². The van der Waals surface area contributed by atoms with Gasteiger partial charge < -0.3 is 15.4 Å². The molecule has 2 N–H and O–H groups in total. The zero-order chi connectivity index (χ0) is 31.2. The number of rotatable bonds is 14. The Hall–Kier alpha value is -2.38. The second-order valence-electron chi connectivity index (χ2n) is 12.5. The van der Waals surface area contributed by atoms with E-state index in [1.807, 2.05) is 19.1 Å². The average molecular weight is 650 g/mol. The standard InChI is InChI=1S/C33H46BrClN2O4/c1-10-25(41-26-19-18-22(30(4,5)11-2)20-24(26)31(6,7)12-3)27(38)36-21-32(8,9)28(39)33(34,35)29(40)37-23-16-14-13-15-17-23/h13-20,25H,10-12,21H2,1-9H3,(H,36,38)(H,37,40). The van der Waals surface area contributed by atoms with Crippen molar-refractivity contribution >= 4 is 50.8 Å². The molecule has 0 fully saturated rings. The number of para-hydroxylation sites is 1. The van der Waals surface area contributed by atoms with Crippen LogP contribution in [-0.4, -0.2) is 34.0 Å². The maximum atomic E-state index is 13.4. The van der Waals surface area contributed by atoms with Crippen LogP contribution < -0.4 is 15.4 Å². The summed E-state index contributed by atoms with van der Waals surface area (Å²) in [7, 11) is 0. The van der Waals surface area contributed by atoms with Gasteiger partial charge in [0.25, 0.3) is 11.8 Å². The molecule has 2 unspecified atom stereocenters. The Kier molecular flexibility index (Phi) is 11.7. The van der Waals surface area contributed by atoms with Gasteiger partial charge in [0.1, 0.15) is 5.75 Å².